The van der Waals surface area contributed by atoms with Crippen molar-refractivity contribution in [2.24, 2.45) is 0 Å². The standard InChI is InChI=1S/Cu.3Mo.H2S/h;;;;1H2. The Morgan fingerprint density at radius 1 is 0.600 bits per heavy atom. The van der Waals surface area contributed by atoms with Crippen molar-refractivity contribution in [2.75, 3.05) is 0 Å². The van der Waals surface area contributed by atoms with Crippen molar-refractivity contribution in [3.8, 4) is 0 Å². The minimum absolute atomic E-state index is 0. The molecule has 0 amide bonds. The van der Waals surface area contributed by atoms with Gasteiger partial charge in [-0.25, -0.2) is 0 Å². The molecule has 0 saturated carbocycles. The van der Waals surface area contributed by atoms with Gasteiger partial charge in [0.05, 0.1) is 0 Å². The van der Waals surface area contributed by atoms with Crippen LogP contribution < -0.4 is 0 Å². The Balaban J connectivity index is 0. The van der Waals surface area contributed by atoms with Crippen LogP contribution in [0.25, 0.3) is 0 Å². The summed E-state index contributed by atoms with van der Waals surface area (Å²) in [7, 11) is 0. The molecule has 0 rings (SSSR count). The van der Waals surface area contributed by atoms with Crippen molar-refractivity contribution < 1.29 is 80.3 Å². The van der Waals surface area contributed by atoms with Crippen LogP contribution in [0.1, 0.15) is 0 Å². The molecule has 0 saturated heterocycles. The first-order chi connectivity index (χ1) is 0. The van der Waals surface area contributed by atoms with Gasteiger partial charge in [0.15, 0.2) is 0 Å². The molecule has 0 N–H and O–H groups in total. The van der Waals surface area contributed by atoms with Gasteiger partial charge in [-0.2, -0.15) is 13.5 Å². The van der Waals surface area contributed by atoms with Crippen LogP contribution >= 0.6 is 13.5 Å². The normalized spacial score (nSPS) is 0. The Labute approximate surface area is 92.3 Å². The topological polar surface area (TPSA) is 0 Å². The Morgan fingerprint density at radius 2 is 0.600 bits per heavy atom. The van der Waals surface area contributed by atoms with E-state index in [-0.39, 0.29) is 93.8 Å². The van der Waals surface area contributed by atoms with E-state index in [0.717, 1.165) is 0 Å². The minimum Gasteiger partial charge on any atom is -0.197 e. The smallest absolute Gasteiger partial charge is 0 e. The number of rotatable bonds is 0. The second kappa shape index (κ2) is 28.4. The number of hydrogen-bond acceptors (Lipinski definition) is 0. The summed E-state index contributed by atoms with van der Waals surface area (Å²) < 4.78 is 0. The van der Waals surface area contributed by atoms with Gasteiger partial charge in [0, 0.05) is 80.3 Å². The van der Waals surface area contributed by atoms with E-state index in [0.29, 0.717) is 0 Å². The van der Waals surface area contributed by atoms with Gasteiger partial charge in [-0.15, -0.1) is 0 Å². The number of hydrogen-bond donors (Lipinski definition) is 0. The molecule has 0 unspecified atom stereocenters. The molecule has 0 heterocycles. The molecule has 1 radical (unpaired) electrons. The molecule has 0 nitrogen and oxygen atoms in total. The van der Waals surface area contributed by atoms with Crippen molar-refractivity contribution in [2.45, 2.75) is 0 Å². The maximum atomic E-state index is 0. The first-order valence-corrected chi connectivity index (χ1v) is 0. The predicted molar refractivity (Wildman–Crippen MR) is 10.4 cm³/mol. The van der Waals surface area contributed by atoms with E-state index in [4.69, 9.17) is 0 Å². The van der Waals surface area contributed by atoms with Crippen LogP contribution in [0.5, 0.6) is 0 Å². The van der Waals surface area contributed by atoms with E-state index in [1.165, 1.54) is 0 Å². The second-order valence-electron chi connectivity index (χ2n) is 0. The summed E-state index contributed by atoms with van der Waals surface area (Å²) in [4.78, 5) is 0. The molecule has 0 aromatic heterocycles. The van der Waals surface area contributed by atoms with Crippen molar-refractivity contribution >= 4 is 13.5 Å². The molecule has 0 aliphatic carbocycles. The molecule has 0 aromatic rings. The Kier molecular flexibility index (Phi) is 251. The van der Waals surface area contributed by atoms with Gasteiger partial charge in [0.25, 0.3) is 0 Å². The van der Waals surface area contributed by atoms with Crippen molar-refractivity contribution in [3.05, 3.63) is 0 Å². The fourth-order valence-electron chi connectivity index (χ4n) is 0. The molecular weight excluding hydrogens is 383 g/mol. The summed E-state index contributed by atoms with van der Waals surface area (Å²) in [5.74, 6) is 0. The average molecular weight is 385 g/mol. The van der Waals surface area contributed by atoms with Crippen molar-refractivity contribution in [1.29, 1.82) is 0 Å². The zero-order valence-corrected chi connectivity index (χ0v) is 9.99. The van der Waals surface area contributed by atoms with Crippen molar-refractivity contribution in [1.82, 2.24) is 0 Å². The first kappa shape index (κ1) is 44.3. The minimum atomic E-state index is 0. The van der Waals surface area contributed by atoms with Gasteiger partial charge >= 0.3 is 0 Å². The zero-order chi connectivity index (χ0) is 0. The third-order valence-corrected chi connectivity index (χ3v) is 0. The molecule has 0 aromatic carbocycles. The fraction of sp³-hybridized carbons (Fsp3) is 0. The average Bonchev–Trinajstić information content (AvgIpc) is 0. The summed E-state index contributed by atoms with van der Waals surface area (Å²) in [5, 5.41) is 0. The molecule has 0 spiro atoms. The maximum Gasteiger partial charge on any atom is 0 e. The van der Waals surface area contributed by atoms with E-state index in [2.05, 4.69) is 0 Å². The van der Waals surface area contributed by atoms with Crippen LogP contribution in [0.3, 0.4) is 0 Å². The summed E-state index contributed by atoms with van der Waals surface area (Å²) in [6, 6.07) is 0. The molecule has 5 heavy (non-hydrogen) atoms. The van der Waals surface area contributed by atoms with E-state index in [1.807, 2.05) is 0 Å². The molecule has 0 aliphatic rings. The third kappa shape index (κ3) is 19.6. The molecule has 0 bridgehead atoms. The van der Waals surface area contributed by atoms with Crippen LogP contribution in [0.15, 0.2) is 0 Å². The molecule has 37 valence electrons. The van der Waals surface area contributed by atoms with Crippen molar-refractivity contribution in [3.63, 3.8) is 0 Å². The zero-order valence-electron chi connectivity index (χ0n) is 2.03. The Hall–Kier alpha value is 2.93. The van der Waals surface area contributed by atoms with Gasteiger partial charge in [0.1, 0.15) is 0 Å². The van der Waals surface area contributed by atoms with E-state index in [9.17, 15) is 0 Å². The SMILES string of the molecule is S.[Cu].[Mo].[Mo].[Mo]. The largest absolute Gasteiger partial charge is 0.197 e. The van der Waals surface area contributed by atoms with E-state index in [1.54, 1.807) is 0 Å². The quantitative estimate of drug-likeness (QED) is 0.519. The molecule has 0 atom stereocenters. The van der Waals surface area contributed by atoms with Crippen LogP contribution in [0, 0.1) is 0 Å². The monoisotopic (exact) mass is 391 g/mol. The first-order valence-electron chi connectivity index (χ1n) is 0. The summed E-state index contributed by atoms with van der Waals surface area (Å²) >= 11 is 0. The van der Waals surface area contributed by atoms with Crippen LogP contribution in [-0.4, -0.2) is 0 Å². The van der Waals surface area contributed by atoms with Gasteiger partial charge < -0.3 is 0 Å². The van der Waals surface area contributed by atoms with Gasteiger partial charge in [-0.05, 0) is 0 Å². The van der Waals surface area contributed by atoms with Crippen LogP contribution in [-0.2, 0) is 80.3 Å². The van der Waals surface area contributed by atoms with Gasteiger partial charge in [-0.1, -0.05) is 0 Å². The molecule has 0 fully saturated rings. The van der Waals surface area contributed by atoms with E-state index < -0.39 is 0 Å². The third-order valence-electron chi connectivity index (χ3n) is 0. The second-order valence-corrected chi connectivity index (χ2v) is 0. The van der Waals surface area contributed by atoms with E-state index >= 15 is 0 Å². The Morgan fingerprint density at radius 3 is 0.600 bits per heavy atom. The van der Waals surface area contributed by atoms with Crippen LogP contribution in [0.4, 0.5) is 0 Å². The van der Waals surface area contributed by atoms with Gasteiger partial charge in [-0.3, -0.25) is 0 Å². The van der Waals surface area contributed by atoms with Gasteiger partial charge in [0.2, 0.25) is 0 Å². The molecular formula is H2CuMo3S. The summed E-state index contributed by atoms with van der Waals surface area (Å²) in [5.41, 5.74) is 0. The summed E-state index contributed by atoms with van der Waals surface area (Å²) in [6.07, 6.45) is 0. The summed E-state index contributed by atoms with van der Waals surface area (Å²) in [6.45, 7) is 0. The van der Waals surface area contributed by atoms with Crippen LogP contribution in [0.2, 0.25) is 0 Å². The molecule has 0 aliphatic heterocycles. The predicted octanol–water partition coefficient (Wildman–Crippen LogP) is 0.103. The fourth-order valence-corrected chi connectivity index (χ4v) is 0. The Bertz CT molecular complexity index is 6.85. The maximum absolute atomic E-state index is 0. The molecule has 5 heteroatoms.